The lowest BCUT2D eigenvalue weighted by Crippen LogP contribution is -2.36. The molecule has 0 aliphatic rings. The quantitative estimate of drug-likeness (QED) is 0.747. The van der Waals surface area contributed by atoms with E-state index in [1.807, 2.05) is 61.6 Å². The molecule has 23 heavy (non-hydrogen) atoms. The van der Waals surface area contributed by atoms with Crippen LogP contribution in [0.2, 0.25) is 5.02 Å². The third-order valence-electron chi connectivity index (χ3n) is 3.65. The fourth-order valence-electron chi connectivity index (χ4n) is 2.30. The number of carbonyl (C=O) groups excluding carboxylic acids is 1. The number of hydrogen-bond donors (Lipinski definition) is 0. The Balaban J connectivity index is 2.20. The second kappa shape index (κ2) is 7.84. The Hall–Kier alpha value is -1.53. The summed E-state index contributed by atoms with van der Waals surface area (Å²) in [6.07, 6.45) is 0. The number of thioether (sulfide) groups is 1. The molecule has 0 aliphatic heterocycles. The molecule has 1 atom stereocenters. The molecule has 0 saturated carbocycles. The lowest BCUT2D eigenvalue weighted by molar-refractivity contribution is -0.129. The molecule has 0 aliphatic carbocycles. The monoisotopic (exact) mass is 352 g/mol. The van der Waals surface area contributed by atoms with Gasteiger partial charge in [0.15, 0.2) is 11.0 Å². The summed E-state index contributed by atoms with van der Waals surface area (Å²) in [4.78, 5) is 14.2. The van der Waals surface area contributed by atoms with Crippen molar-refractivity contribution < 1.29 is 4.79 Å². The van der Waals surface area contributed by atoms with Crippen molar-refractivity contribution in [2.45, 2.75) is 31.2 Å². The molecule has 2 aromatic rings. The van der Waals surface area contributed by atoms with E-state index < -0.39 is 0 Å². The minimum absolute atomic E-state index is 0.113. The fraction of sp³-hybridized carbons (Fsp3) is 0.438. The molecule has 0 spiro atoms. The van der Waals surface area contributed by atoms with Crippen LogP contribution in [0.3, 0.4) is 0 Å². The molecule has 1 aromatic heterocycles. The first-order valence-electron chi connectivity index (χ1n) is 7.59. The first-order valence-corrected chi connectivity index (χ1v) is 8.85. The minimum atomic E-state index is -0.211. The Morgan fingerprint density at radius 3 is 2.57 bits per heavy atom. The van der Waals surface area contributed by atoms with E-state index in [9.17, 15) is 4.79 Å². The van der Waals surface area contributed by atoms with Crippen molar-refractivity contribution in [2.24, 2.45) is 7.05 Å². The summed E-state index contributed by atoms with van der Waals surface area (Å²) in [6.45, 7) is 7.29. The highest BCUT2D eigenvalue weighted by molar-refractivity contribution is 8.00. The van der Waals surface area contributed by atoms with Gasteiger partial charge in [0.1, 0.15) is 0 Å². The average molecular weight is 353 g/mol. The van der Waals surface area contributed by atoms with Crippen molar-refractivity contribution >= 4 is 29.3 Å². The Morgan fingerprint density at radius 2 is 1.96 bits per heavy atom. The van der Waals surface area contributed by atoms with Gasteiger partial charge in [-0.3, -0.25) is 4.79 Å². The highest BCUT2D eigenvalue weighted by Crippen LogP contribution is 2.30. The Morgan fingerprint density at radius 1 is 1.30 bits per heavy atom. The number of benzene rings is 1. The normalized spacial score (nSPS) is 12.2. The molecular weight excluding hydrogens is 332 g/mol. The van der Waals surface area contributed by atoms with Crippen molar-refractivity contribution in [1.82, 2.24) is 19.7 Å². The molecule has 1 unspecified atom stereocenters. The summed E-state index contributed by atoms with van der Waals surface area (Å²) in [7, 11) is 1.88. The molecule has 0 N–H and O–H groups in total. The molecular formula is C16H21ClN4OS. The molecule has 0 bridgehead atoms. The van der Waals surface area contributed by atoms with Crippen LogP contribution in [0.1, 0.15) is 20.8 Å². The highest BCUT2D eigenvalue weighted by Gasteiger charge is 2.22. The minimum Gasteiger partial charge on any atom is -0.342 e. The maximum absolute atomic E-state index is 12.4. The number of rotatable bonds is 6. The van der Waals surface area contributed by atoms with Crippen molar-refractivity contribution in [3.63, 3.8) is 0 Å². The Bertz CT molecular complexity index is 684. The molecule has 2 rings (SSSR count). The van der Waals surface area contributed by atoms with E-state index in [2.05, 4.69) is 10.2 Å². The van der Waals surface area contributed by atoms with Crippen LogP contribution in [0, 0.1) is 0 Å². The predicted octanol–water partition coefficient (Wildman–Crippen LogP) is 3.48. The number of carbonyl (C=O) groups is 1. The van der Waals surface area contributed by atoms with Gasteiger partial charge in [-0.05, 0) is 32.9 Å². The van der Waals surface area contributed by atoms with Crippen LogP contribution in [-0.4, -0.2) is 43.9 Å². The highest BCUT2D eigenvalue weighted by atomic mass is 35.5. The number of amides is 1. The SMILES string of the molecule is CCN(CC)C(=O)C(C)Sc1nnc(-c2ccccc2Cl)n1C. The first kappa shape index (κ1) is 17.8. The number of halogens is 1. The van der Waals surface area contributed by atoms with Crippen molar-refractivity contribution in [3.05, 3.63) is 29.3 Å². The largest absolute Gasteiger partial charge is 0.342 e. The summed E-state index contributed by atoms with van der Waals surface area (Å²) >= 11 is 7.64. The van der Waals surface area contributed by atoms with E-state index in [1.165, 1.54) is 11.8 Å². The summed E-state index contributed by atoms with van der Waals surface area (Å²) < 4.78 is 1.87. The zero-order chi connectivity index (χ0) is 17.0. The van der Waals surface area contributed by atoms with Crippen LogP contribution in [0.5, 0.6) is 0 Å². The molecule has 0 radical (unpaired) electrons. The number of nitrogens with zero attached hydrogens (tertiary/aromatic N) is 4. The lowest BCUT2D eigenvalue weighted by Gasteiger charge is -2.22. The van der Waals surface area contributed by atoms with E-state index in [1.54, 1.807) is 0 Å². The summed E-state index contributed by atoms with van der Waals surface area (Å²) in [5.74, 6) is 0.808. The second-order valence-corrected chi connectivity index (χ2v) is 6.83. The van der Waals surface area contributed by atoms with Crippen LogP contribution in [0.25, 0.3) is 11.4 Å². The van der Waals surface area contributed by atoms with Gasteiger partial charge in [-0.1, -0.05) is 35.5 Å². The smallest absolute Gasteiger partial charge is 0.235 e. The van der Waals surface area contributed by atoms with E-state index in [4.69, 9.17) is 11.6 Å². The van der Waals surface area contributed by atoms with E-state index in [-0.39, 0.29) is 11.2 Å². The van der Waals surface area contributed by atoms with Crippen LogP contribution < -0.4 is 0 Å². The van der Waals surface area contributed by atoms with Crippen LogP contribution in [-0.2, 0) is 11.8 Å². The van der Waals surface area contributed by atoms with Crippen molar-refractivity contribution in [1.29, 1.82) is 0 Å². The van der Waals surface area contributed by atoms with Gasteiger partial charge >= 0.3 is 0 Å². The predicted molar refractivity (Wildman–Crippen MR) is 94.7 cm³/mol. The molecule has 1 aromatic carbocycles. The molecule has 5 nitrogen and oxygen atoms in total. The Labute approximate surface area is 146 Å². The maximum Gasteiger partial charge on any atom is 0.235 e. The molecule has 7 heteroatoms. The van der Waals surface area contributed by atoms with Crippen LogP contribution in [0.4, 0.5) is 0 Å². The zero-order valence-corrected chi connectivity index (χ0v) is 15.4. The van der Waals surface area contributed by atoms with Crippen LogP contribution in [0.15, 0.2) is 29.4 Å². The third-order valence-corrected chi connectivity index (χ3v) is 5.11. The van der Waals surface area contributed by atoms with Gasteiger partial charge in [-0.15, -0.1) is 10.2 Å². The van der Waals surface area contributed by atoms with E-state index >= 15 is 0 Å². The fourth-order valence-corrected chi connectivity index (χ4v) is 3.41. The van der Waals surface area contributed by atoms with E-state index in [0.29, 0.717) is 29.1 Å². The van der Waals surface area contributed by atoms with Gasteiger partial charge in [-0.25, -0.2) is 0 Å². The van der Waals surface area contributed by atoms with Crippen molar-refractivity contribution in [2.75, 3.05) is 13.1 Å². The zero-order valence-electron chi connectivity index (χ0n) is 13.8. The molecule has 1 heterocycles. The standard InChI is InChI=1S/C16H21ClN4OS/c1-5-21(6-2)15(22)11(3)23-16-19-18-14(20(16)4)12-9-7-8-10-13(12)17/h7-11H,5-6H2,1-4H3. The molecule has 0 fully saturated rings. The van der Waals surface area contributed by atoms with Gasteiger partial charge < -0.3 is 9.47 Å². The van der Waals surface area contributed by atoms with Gasteiger partial charge in [0.2, 0.25) is 5.91 Å². The summed E-state index contributed by atoms with van der Waals surface area (Å²) in [5, 5.41) is 9.56. The average Bonchev–Trinajstić information content (AvgIpc) is 2.90. The van der Waals surface area contributed by atoms with Gasteiger partial charge in [0.05, 0.1) is 10.3 Å². The number of aromatic nitrogens is 3. The second-order valence-electron chi connectivity index (χ2n) is 5.12. The third kappa shape index (κ3) is 3.87. The van der Waals surface area contributed by atoms with Gasteiger partial charge in [0.25, 0.3) is 0 Å². The first-order chi connectivity index (χ1) is 11.0. The molecule has 124 valence electrons. The van der Waals surface area contributed by atoms with E-state index in [0.717, 1.165) is 5.56 Å². The van der Waals surface area contributed by atoms with Gasteiger partial charge in [0, 0.05) is 25.7 Å². The lowest BCUT2D eigenvalue weighted by atomic mass is 10.2. The topological polar surface area (TPSA) is 51.0 Å². The summed E-state index contributed by atoms with van der Waals surface area (Å²) in [6, 6.07) is 7.52. The number of hydrogen-bond acceptors (Lipinski definition) is 4. The molecule has 0 saturated heterocycles. The van der Waals surface area contributed by atoms with Crippen LogP contribution >= 0.6 is 23.4 Å². The Kier molecular flexibility index (Phi) is 6.07. The van der Waals surface area contributed by atoms with Crippen molar-refractivity contribution in [3.8, 4) is 11.4 Å². The maximum atomic E-state index is 12.4. The summed E-state index contributed by atoms with van der Waals surface area (Å²) in [5.41, 5.74) is 0.832. The van der Waals surface area contributed by atoms with Gasteiger partial charge in [-0.2, -0.15) is 0 Å². The molecule has 1 amide bonds.